The van der Waals surface area contributed by atoms with Crippen molar-refractivity contribution in [2.75, 3.05) is 0 Å². The molecule has 0 saturated heterocycles. The second-order valence-electron chi connectivity index (χ2n) is 20.5. The van der Waals surface area contributed by atoms with Crippen molar-refractivity contribution in [1.29, 1.82) is 0 Å². The maximum Gasteiger partial charge on any atom is 0.269 e. The molecule has 14 aromatic rings. The Labute approximate surface area is 447 Å². The number of imidazole rings is 1. The SMILES string of the molecule is [2H]c1c([2H])c([2H])c(-c2cccc3c2-c2ccccc2-c2cccc4c2[n+]([c-]n4-c2cccc(Oc4ccc5c6ccccc6n(-c6cc(C(C)(C)C)ccn6)c5c4)c2)-c2c-3cccc2-n2c3ccccc3c3ccccc32)c([2H])c1[2H]. The van der Waals surface area contributed by atoms with Gasteiger partial charge in [0, 0.05) is 33.8 Å². The van der Waals surface area contributed by atoms with Gasteiger partial charge in [0.2, 0.25) is 0 Å². The molecule has 0 fully saturated rings. The number of ether oxygens (including phenoxy) is 1. The van der Waals surface area contributed by atoms with Crippen molar-refractivity contribution in [3.8, 4) is 78.9 Å². The van der Waals surface area contributed by atoms with E-state index in [-0.39, 0.29) is 35.1 Å². The summed E-state index contributed by atoms with van der Waals surface area (Å²) in [5.41, 5.74) is 15.4. The number of para-hydroxylation sites is 5. The molecule has 0 bridgehead atoms. The fourth-order valence-corrected chi connectivity index (χ4v) is 11.8. The number of benzene rings is 10. The van der Waals surface area contributed by atoms with Crippen LogP contribution in [0.2, 0.25) is 0 Å². The Morgan fingerprint density at radius 3 is 1.84 bits per heavy atom. The number of hydrogen-bond acceptors (Lipinski definition) is 2. The van der Waals surface area contributed by atoms with Crippen molar-refractivity contribution in [2.24, 2.45) is 0 Å². The van der Waals surface area contributed by atoms with Crippen LogP contribution in [-0.4, -0.2) is 18.7 Å². The molecule has 0 atom stereocenters. The van der Waals surface area contributed by atoms with Gasteiger partial charge in [-0.15, -0.1) is 0 Å². The Hall–Kier alpha value is -9.78. The van der Waals surface area contributed by atoms with E-state index in [1.165, 1.54) is 5.56 Å². The van der Waals surface area contributed by atoms with Gasteiger partial charge in [-0.1, -0.05) is 184 Å². The minimum Gasteiger partial charge on any atom is -0.458 e. The van der Waals surface area contributed by atoms with E-state index in [2.05, 4.69) is 209 Å². The minimum absolute atomic E-state index is 0.0626. The number of fused-ring (bicyclic) bond motifs is 13. The molecular formula is C70H49N5O. The van der Waals surface area contributed by atoms with Gasteiger partial charge in [-0.3, -0.25) is 13.7 Å². The molecule has 76 heavy (non-hydrogen) atoms. The molecule has 6 nitrogen and oxygen atoms in total. The lowest BCUT2D eigenvalue weighted by Crippen LogP contribution is -2.32. The van der Waals surface area contributed by atoms with Crippen molar-refractivity contribution in [3.05, 3.63) is 255 Å². The first kappa shape index (κ1) is 38.8. The third-order valence-corrected chi connectivity index (χ3v) is 15.1. The molecule has 0 aliphatic carbocycles. The molecule has 0 N–H and O–H groups in total. The Kier molecular flexibility index (Phi) is 8.62. The van der Waals surface area contributed by atoms with Crippen LogP contribution in [-0.2, 0) is 5.41 Å². The summed E-state index contributed by atoms with van der Waals surface area (Å²) in [6.07, 6.45) is 5.84. The predicted molar refractivity (Wildman–Crippen MR) is 311 cm³/mol. The van der Waals surface area contributed by atoms with Crippen LogP contribution in [0.3, 0.4) is 0 Å². The lowest BCUT2D eigenvalue weighted by Gasteiger charge is -2.21. The molecule has 10 aromatic carbocycles. The number of pyridine rings is 1. The van der Waals surface area contributed by atoms with Crippen LogP contribution >= 0.6 is 0 Å². The molecular weight excluding hydrogens is 927 g/mol. The lowest BCUT2D eigenvalue weighted by molar-refractivity contribution is -0.571. The first-order chi connectivity index (χ1) is 39.4. The Morgan fingerprint density at radius 2 is 1.08 bits per heavy atom. The summed E-state index contributed by atoms with van der Waals surface area (Å²) in [5, 5.41) is 4.47. The highest BCUT2D eigenvalue weighted by molar-refractivity contribution is 6.11. The first-order valence-electron chi connectivity index (χ1n) is 28.1. The van der Waals surface area contributed by atoms with Crippen molar-refractivity contribution < 1.29 is 16.2 Å². The number of aromatic nitrogens is 5. The Morgan fingerprint density at radius 1 is 0.487 bits per heavy atom. The van der Waals surface area contributed by atoms with Gasteiger partial charge in [-0.2, -0.15) is 0 Å². The van der Waals surface area contributed by atoms with Gasteiger partial charge < -0.3 is 9.30 Å². The number of hydrogen-bond donors (Lipinski definition) is 0. The third kappa shape index (κ3) is 6.73. The van der Waals surface area contributed by atoms with Crippen LogP contribution in [0.15, 0.2) is 243 Å². The molecule has 0 radical (unpaired) electrons. The number of rotatable bonds is 6. The standard InChI is InChI=1S/C70H49N5O/c1-70(2,3)46-39-40-71-66(41-46)75-62-34-14-11-26-54(62)55-38-37-49(43-65(55)75)76-48-22-15-21-47(42-48)72-44-73-68-58(30-17-35-63(68)72)51-23-7-8-27-56(51)67-50(45-19-5-4-6-20-45)28-16-29-57(67)59-31-18-36-64(69(59)73)74-60-32-12-9-24-52(60)53-25-10-13-33-61(53)74/h4-43H,1-3H3/i4D,5D,6D,19D,20D. The highest BCUT2D eigenvalue weighted by Gasteiger charge is 2.29. The number of nitrogens with zero attached hydrogens (tertiary/aromatic N) is 5. The first-order valence-corrected chi connectivity index (χ1v) is 25.6. The van der Waals surface area contributed by atoms with Crippen molar-refractivity contribution in [3.63, 3.8) is 0 Å². The monoisotopic (exact) mass is 980 g/mol. The molecule has 4 aromatic heterocycles. The molecule has 0 spiro atoms. The summed E-state index contributed by atoms with van der Waals surface area (Å²) >= 11 is 0. The van der Waals surface area contributed by atoms with Gasteiger partial charge in [0.05, 0.1) is 57.0 Å². The zero-order valence-corrected chi connectivity index (χ0v) is 41.9. The molecule has 0 amide bonds. The largest absolute Gasteiger partial charge is 0.458 e. The zero-order valence-electron chi connectivity index (χ0n) is 46.9. The predicted octanol–water partition coefficient (Wildman–Crippen LogP) is 17.4. The van der Waals surface area contributed by atoms with Gasteiger partial charge >= 0.3 is 0 Å². The van der Waals surface area contributed by atoms with E-state index in [4.69, 9.17) is 13.8 Å². The molecule has 15 rings (SSSR count). The Balaban J connectivity index is 0.972. The highest BCUT2D eigenvalue weighted by atomic mass is 16.5. The van der Waals surface area contributed by atoms with Crippen LogP contribution in [0.5, 0.6) is 11.5 Å². The van der Waals surface area contributed by atoms with Crippen molar-refractivity contribution in [1.82, 2.24) is 18.7 Å². The van der Waals surface area contributed by atoms with Gasteiger partial charge in [0.25, 0.3) is 6.33 Å². The van der Waals surface area contributed by atoms with Crippen LogP contribution in [0.1, 0.15) is 33.2 Å². The maximum atomic E-state index is 9.32. The fraction of sp³-hybridized carbons (Fsp3) is 0.0571. The van der Waals surface area contributed by atoms with E-state index in [0.717, 1.165) is 111 Å². The molecule has 0 unspecified atom stereocenters. The van der Waals surface area contributed by atoms with E-state index in [0.29, 0.717) is 17.1 Å². The summed E-state index contributed by atoms with van der Waals surface area (Å²) in [4.78, 5) is 4.91. The van der Waals surface area contributed by atoms with E-state index >= 15 is 0 Å². The average Bonchev–Trinajstić information content (AvgIpc) is 4.17. The maximum absolute atomic E-state index is 9.32. The van der Waals surface area contributed by atoms with E-state index in [1.807, 2.05) is 48.7 Å². The molecule has 1 aliphatic rings. The molecule has 1 aliphatic heterocycles. The Bertz CT molecular complexity index is 4900. The molecule has 360 valence electrons. The van der Waals surface area contributed by atoms with Crippen molar-refractivity contribution in [2.45, 2.75) is 26.2 Å². The van der Waals surface area contributed by atoms with Crippen LogP contribution in [0.25, 0.3) is 122 Å². The average molecular weight is 981 g/mol. The second kappa shape index (κ2) is 16.9. The minimum atomic E-state index is -0.435. The summed E-state index contributed by atoms with van der Waals surface area (Å²) < 4.78 is 60.6. The summed E-state index contributed by atoms with van der Waals surface area (Å²) in [6.45, 7) is 6.66. The summed E-state index contributed by atoms with van der Waals surface area (Å²) in [6, 6.07) is 69.2. The van der Waals surface area contributed by atoms with Gasteiger partial charge in [-0.05, 0) is 122 Å². The van der Waals surface area contributed by atoms with E-state index in [9.17, 15) is 2.74 Å². The van der Waals surface area contributed by atoms with Crippen LogP contribution < -0.4 is 9.30 Å². The summed E-state index contributed by atoms with van der Waals surface area (Å²) in [5.74, 6) is 2.17. The summed E-state index contributed by atoms with van der Waals surface area (Å²) in [7, 11) is 0. The van der Waals surface area contributed by atoms with Gasteiger partial charge in [0.1, 0.15) is 17.3 Å². The molecule has 5 heterocycles. The molecule has 0 saturated carbocycles. The van der Waals surface area contributed by atoms with Crippen LogP contribution in [0.4, 0.5) is 0 Å². The highest BCUT2D eigenvalue weighted by Crippen LogP contribution is 2.49. The zero-order chi connectivity index (χ0) is 55.0. The fourth-order valence-electron chi connectivity index (χ4n) is 11.8. The van der Waals surface area contributed by atoms with Crippen LogP contribution in [0, 0.1) is 6.33 Å². The smallest absolute Gasteiger partial charge is 0.269 e. The van der Waals surface area contributed by atoms with E-state index < -0.39 is 6.04 Å². The van der Waals surface area contributed by atoms with E-state index in [1.54, 1.807) is 0 Å². The quantitative estimate of drug-likeness (QED) is 0.123. The van der Waals surface area contributed by atoms with Gasteiger partial charge in [0.15, 0.2) is 0 Å². The normalized spacial score (nSPS) is 13.1. The topological polar surface area (TPSA) is 40.8 Å². The third-order valence-electron chi connectivity index (χ3n) is 15.1. The van der Waals surface area contributed by atoms with Crippen molar-refractivity contribution >= 4 is 54.6 Å². The van der Waals surface area contributed by atoms with Gasteiger partial charge in [-0.25, -0.2) is 4.98 Å². The lowest BCUT2D eigenvalue weighted by atomic mass is 9.84. The molecule has 6 heteroatoms. The second-order valence-corrected chi connectivity index (χ2v) is 20.5.